The highest BCUT2D eigenvalue weighted by molar-refractivity contribution is 7.22. The molecule has 0 amide bonds. The van der Waals surface area contributed by atoms with Gasteiger partial charge in [-0.15, -0.1) is 0 Å². The lowest BCUT2D eigenvalue weighted by atomic mass is 9.89. The smallest absolute Gasteiger partial charge is 0.184 e. The van der Waals surface area contributed by atoms with E-state index in [1.54, 1.807) is 11.3 Å². The van der Waals surface area contributed by atoms with Crippen molar-refractivity contribution in [3.05, 3.63) is 24.3 Å². The molecular formula is C16H20N2OS. The summed E-state index contributed by atoms with van der Waals surface area (Å²) in [5.41, 5.74) is 1.27. The number of hydrogen-bond donors (Lipinski definition) is 1. The first kappa shape index (κ1) is 12.6. The van der Waals surface area contributed by atoms with Crippen molar-refractivity contribution in [3.63, 3.8) is 0 Å². The molecule has 1 unspecified atom stereocenters. The Morgan fingerprint density at radius 2 is 2.10 bits per heavy atom. The molecule has 1 saturated heterocycles. The van der Waals surface area contributed by atoms with Crippen LogP contribution in [0, 0.1) is 0 Å². The average Bonchev–Trinajstić information content (AvgIpc) is 3.05. The topological polar surface area (TPSA) is 34.1 Å². The predicted molar refractivity (Wildman–Crippen MR) is 83.4 cm³/mol. The molecule has 1 aromatic carbocycles. The number of aromatic nitrogens is 1. The van der Waals surface area contributed by atoms with Gasteiger partial charge < -0.3 is 10.1 Å². The number of fused-ring (bicyclic) bond motifs is 1. The monoisotopic (exact) mass is 288 g/mol. The molecule has 4 rings (SSSR count). The molecule has 1 aromatic heterocycles. The van der Waals surface area contributed by atoms with E-state index in [9.17, 15) is 0 Å². The molecule has 2 fully saturated rings. The number of thiazole rings is 1. The predicted octanol–water partition coefficient (Wildman–Crippen LogP) is 4.20. The lowest BCUT2D eigenvalue weighted by Crippen LogP contribution is -2.42. The largest absolute Gasteiger partial charge is 0.375 e. The van der Waals surface area contributed by atoms with Crippen molar-refractivity contribution in [1.29, 1.82) is 0 Å². The van der Waals surface area contributed by atoms with Gasteiger partial charge in [0.1, 0.15) is 0 Å². The van der Waals surface area contributed by atoms with Crippen LogP contribution in [0.1, 0.15) is 38.5 Å². The summed E-state index contributed by atoms with van der Waals surface area (Å²) in [6, 6.07) is 8.86. The van der Waals surface area contributed by atoms with Gasteiger partial charge >= 0.3 is 0 Å². The Bertz CT molecular complexity index is 570. The zero-order valence-corrected chi connectivity index (χ0v) is 12.4. The summed E-state index contributed by atoms with van der Waals surface area (Å²) >= 11 is 1.76. The first-order chi connectivity index (χ1) is 9.83. The van der Waals surface area contributed by atoms with Gasteiger partial charge in [-0.2, -0.15) is 0 Å². The molecule has 1 atom stereocenters. The second-order valence-electron chi connectivity index (χ2n) is 6.06. The van der Waals surface area contributed by atoms with Gasteiger partial charge in [-0.3, -0.25) is 0 Å². The Balaban J connectivity index is 1.50. The molecule has 106 valence electrons. The maximum atomic E-state index is 6.10. The minimum Gasteiger partial charge on any atom is -0.375 e. The third kappa shape index (κ3) is 2.31. The van der Waals surface area contributed by atoms with Crippen molar-refractivity contribution in [3.8, 4) is 0 Å². The molecule has 0 bridgehead atoms. The highest BCUT2D eigenvalue weighted by Gasteiger charge is 2.40. The summed E-state index contributed by atoms with van der Waals surface area (Å²) in [6.45, 7) is 0.891. The maximum absolute atomic E-state index is 6.10. The van der Waals surface area contributed by atoms with Crippen LogP contribution >= 0.6 is 11.3 Å². The van der Waals surface area contributed by atoms with E-state index in [4.69, 9.17) is 4.74 Å². The van der Waals surface area contributed by atoms with E-state index in [0.717, 1.165) is 30.1 Å². The Labute approximate surface area is 123 Å². The first-order valence-corrected chi connectivity index (χ1v) is 8.41. The van der Waals surface area contributed by atoms with Gasteiger partial charge in [0.15, 0.2) is 5.13 Å². The number of benzene rings is 1. The first-order valence-electron chi connectivity index (χ1n) is 7.59. The molecular weight excluding hydrogens is 268 g/mol. The van der Waals surface area contributed by atoms with Crippen molar-refractivity contribution in [2.45, 2.75) is 50.2 Å². The summed E-state index contributed by atoms with van der Waals surface area (Å²) in [7, 11) is 0. The van der Waals surface area contributed by atoms with E-state index < -0.39 is 0 Å². The molecule has 1 aliphatic carbocycles. The lowest BCUT2D eigenvalue weighted by Gasteiger charge is -2.38. The minimum absolute atomic E-state index is 0.173. The van der Waals surface area contributed by atoms with Gasteiger partial charge in [0.25, 0.3) is 0 Å². The SMILES string of the molecule is c1ccc2sc(NC3CCOC4(CCCC4)C3)nc2c1. The van der Waals surface area contributed by atoms with E-state index in [1.165, 1.54) is 30.4 Å². The van der Waals surface area contributed by atoms with Gasteiger partial charge in [0.2, 0.25) is 0 Å². The van der Waals surface area contributed by atoms with Crippen LogP contribution in [0.25, 0.3) is 10.2 Å². The standard InChI is InChI=1S/C16H20N2OS/c1-2-6-14-13(5-1)18-15(20-14)17-12-7-10-19-16(11-12)8-3-4-9-16/h1-2,5-6,12H,3-4,7-11H2,(H,17,18). The average molecular weight is 288 g/mol. The molecule has 4 heteroatoms. The van der Waals surface area contributed by atoms with Gasteiger partial charge in [-0.1, -0.05) is 36.3 Å². The van der Waals surface area contributed by atoms with E-state index >= 15 is 0 Å². The fourth-order valence-corrected chi connectivity index (χ4v) is 4.57. The molecule has 2 aliphatic rings. The summed E-state index contributed by atoms with van der Waals surface area (Å²) in [6.07, 6.45) is 7.37. The molecule has 20 heavy (non-hydrogen) atoms. The summed E-state index contributed by atoms with van der Waals surface area (Å²) in [5, 5.41) is 4.71. The summed E-state index contributed by atoms with van der Waals surface area (Å²) in [4.78, 5) is 4.69. The zero-order chi connectivity index (χ0) is 13.4. The van der Waals surface area contributed by atoms with Crippen LogP contribution in [-0.4, -0.2) is 23.2 Å². The Kier molecular flexibility index (Phi) is 3.15. The van der Waals surface area contributed by atoms with Crippen LogP contribution in [0.2, 0.25) is 0 Å². The van der Waals surface area contributed by atoms with Gasteiger partial charge in [-0.25, -0.2) is 4.98 Å². The number of hydrogen-bond acceptors (Lipinski definition) is 4. The molecule has 0 radical (unpaired) electrons. The van der Waals surface area contributed by atoms with Crippen LogP contribution in [0.4, 0.5) is 5.13 Å². The Hall–Kier alpha value is -1.13. The van der Waals surface area contributed by atoms with Crippen molar-refractivity contribution < 1.29 is 4.74 Å². The third-order valence-corrected chi connectivity index (χ3v) is 5.60. The lowest BCUT2D eigenvalue weighted by molar-refractivity contribution is -0.0767. The molecule has 1 spiro atoms. The van der Waals surface area contributed by atoms with E-state index in [-0.39, 0.29) is 5.60 Å². The highest BCUT2D eigenvalue weighted by Crippen LogP contribution is 2.41. The molecule has 3 nitrogen and oxygen atoms in total. The van der Waals surface area contributed by atoms with Gasteiger partial charge in [-0.05, 0) is 37.8 Å². The number of nitrogens with one attached hydrogen (secondary N) is 1. The Morgan fingerprint density at radius 1 is 1.25 bits per heavy atom. The highest BCUT2D eigenvalue weighted by atomic mass is 32.1. The van der Waals surface area contributed by atoms with Crippen molar-refractivity contribution in [2.24, 2.45) is 0 Å². The normalized spacial score (nSPS) is 25.3. The number of para-hydroxylation sites is 1. The molecule has 1 aliphatic heterocycles. The number of ether oxygens (including phenoxy) is 1. The van der Waals surface area contributed by atoms with Crippen LogP contribution in [0.15, 0.2) is 24.3 Å². The van der Waals surface area contributed by atoms with Crippen LogP contribution in [0.3, 0.4) is 0 Å². The van der Waals surface area contributed by atoms with Crippen molar-refractivity contribution >= 4 is 26.7 Å². The van der Waals surface area contributed by atoms with Crippen LogP contribution < -0.4 is 5.32 Å². The summed E-state index contributed by atoms with van der Waals surface area (Å²) < 4.78 is 7.36. The molecule has 2 heterocycles. The van der Waals surface area contributed by atoms with Gasteiger partial charge in [0, 0.05) is 12.6 Å². The van der Waals surface area contributed by atoms with E-state index in [2.05, 4.69) is 28.5 Å². The quantitative estimate of drug-likeness (QED) is 0.899. The fourth-order valence-electron chi connectivity index (χ4n) is 3.63. The fraction of sp³-hybridized carbons (Fsp3) is 0.562. The van der Waals surface area contributed by atoms with Crippen molar-refractivity contribution in [2.75, 3.05) is 11.9 Å². The molecule has 2 aromatic rings. The van der Waals surface area contributed by atoms with Crippen LogP contribution in [0.5, 0.6) is 0 Å². The van der Waals surface area contributed by atoms with E-state index in [0.29, 0.717) is 6.04 Å². The molecule has 1 saturated carbocycles. The Morgan fingerprint density at radius 3 is 2.95 bits per heavy atom. The van der Waals surface area contributed by atoms with Crippen molar-refractivity contribution in [1.82, 2.24) is 4.98 Å². The number of rotatable bonds is 2. The second-order valence-corrected chi connectivity index (χ2v) is 7.09. The number of anilines is 1. The maximum Gasteiger partial charge on any atom is 0.184 e. The van der Waals surface area contributed by atoms with E-state index in [1.807, 2.05) is 6.07 Å². The van der Waals surface area contributed by atoms with Crippen LogP contribution in [-0.2, 0) is 4.74 Å². The van der Waals surface area contributed by atoms with Gasteiger partial charge in [0.05, 0.1) is 15.8 Å². The minimum atomic E-state index is 0.173. The second kappa shape index (κ2) is 5.01. The zero-order valence-electron chi connectivity index (χ0n) is 11.6. The number of nitrogens with zero attached hydrogens (tertiary/aromatic N) is 1. The molecule has 1 N–H and O–H groups in total. The third-order valence-electron chi connectivity index (χ3n) is 4.63. The summed E-state index contributed by atoms with van der Waals surface area (Å²) in [5.74, 6) is 0.